The van der Waals surface area contributed by atoms with Gasteiger partial charge in [-0.3, -0.25) is 4.79 Å². The number of aromatic nitrogens is 4. The topological polar surface area (TPSA) is 63.6 Å². The molecule has 1 N–H and O–H groups in total. The normalized spacial score (nSPS) is 14.8. The van der Waals surface area contributed by atoms with E-state index in [1.165, 1.54) is 0 Å². The smallest absolute Gasteiger partial charge is 0.266 e. The van der Waals surface area contributed by atoms with Crippen LogP contribution in [0.2, 0.25) is 5.02 Å². The Morgan fingerprint density at radius 1 is 1.35 bits per heavy atom. The third-order valence-corrected chi connectivity index (χ3v) is 3.79. The zero-order valence-corrected chi connectivity index (χ0v) is 11.3. The number of halogens is 1. The average Bonchev–Trinajstić information content (AvgIpc) is 3.17. The van der Waals surface area contributed by atoms with Crippen LogP contribution in [0.1, 0.15) is 24.5 Å². The number of hydrogen-bond acceptors (Lipinski definition) is 3. The van der Waals surface area contributed by atoms with Crippen molar-refractivity contribution >= 4 is 22.5 Å². The van der Waals surface area contributed by atoms with Crippen LogP contribution in [0.4, 0.5) is 0 Å². The summed E-state index contributed by atoms with van der Waals surface area (Å²) in [5.41, 5.74) is 2.00. The van der Waals surface area contributed by atoms with Crippen LogP contribution in [0, 0.1) is 0 Å². The van der Waals surface area contributed by atoms with Crippen LogP contribution in [-0.4, -0.2) is 20.0 Å². The molecule has 6 heteroatoms. The quantitative estimate of drug-likeness (QED) is 0.788. The van der Waals surface area contributed by atoms with Gasteiger partial charge in [0.25, 0.3) is 5.56 Å². The molecule has 0 bridgehead atoms. The van der Waals surface area contributed by atoms with Crippen molar-refractivity contribution in [2.45, 2.75) is 18.8 Å². The predicted octanol–water partition coefficient (Wildman–Crippen LogP) is 2.64. The second-order valence-corrected chi connectivity index (χ2v) is 5.45. The summed E-state index contributed by atoms with van der Waals surface area (Å²) in [6.07, 6.45) is 3.96. The summed E-state index contributed by atoms with van der Waals surface area (Å²) in [6, 6.07) is 7.28. The minimum absolute atomic E-state index is 0.234. The Hall–Kier alpha value is -2.14. The van der Waals surface area contributed by atoms with Gasteiger partial charge in [0, 0.05) is 16.3 Å². The number of hydrogen-bond donors (Lipinski definition) is 1. The average molecular weight is 287 g/mol. The molecule has 0 amide bonds. The van der Waals surface area contributed by atoms with Crippen molar-refractivity contribution < 1.29 is 0 Å². The van der Waals surface area contributed by atoms with E-state index in [9.17, 15) is 4.79 Å². The first-order chi connectivity index (χ1) is 9.74. The van der Waals surface area contributed by atoms with E-state index in [2.05, 4.69) is 15.3 Å². The van der Waals surface area contributed by atoms with Gasteiger partial charge in [-0.1, -0.05) is 17.7 Å². The maximum absolute atomic E-state index is 12.1. The molecule has 1 aliphatic rings. The number of H-pyrrole nitrogens is 1. The van der Waals surface area contributed by atoms with Crippen molar-refractivity contribution in [2.75, 3.05) is 0 Å². The first kappa shape index (κ1) is 11.7. The van der Waals surface area contributed by atoms with E-state index >= 15 is 0 Å². The molecular weight excluding hydrogens is 276 g/mol. The van der Waals surface area contributed by atoms with Gasteiger partial charge in [0.2, 0.25) is 0 Å². The van der Waals surface area contributed by atoms with Crippen molar-refractivity contribution in [3.05, 3.63) is 51.5 Å². The van der Waals surface area contributed by atoms with Crippen molar-refractivity contribution in [1.29, 1.82) is 0 Å². The van der Waals surface area contributed by atoms with Gasteiger partial charge < -0.3 is 0 Å². The Balaban J connectivity index is 2.01. The third-order valence-electron chi connectivity index (χ3n) is 3.55. The highest BCUT2D eigenvalue weighted by Gasteiger charge is 2.29. The molecular formula is C14H11ClN4O. The van der Waals surface area contributed by atoms with Crippen molar-refractivity contribution in [3.8, 4) is 5.69 Å². The van der Waals surface area contributed by atoms with Crippen LogP contribution in [0.25, 0.3) is 16.6 Å². The third kappa shape index (κ3) is 1.74. The van der Waals surface area contributed by atoms with Gasteiger partial charge >= 0.3 is 0 Å². The van der Waals surface area contributed by atoms with E-state index in [-0.39, 0.29) is 5.56 Å². The lowest BCUT2D eigenvalue weighted by molar-refractivity contribution is 0.880. The zero-order valence-electron chi connectivity index (χ0n) is 10.5. The fourth-order valence-corrected chi connectivity index (χ4v) is 2.63. The van der Waals surface area contributed by atoms with E-state index in [1.807, 2.05) is 12.1 Å². The highest BCUT2D eigenvalue weighted by Crippen LogP contribution is 2.41. The molecule has 5 nitrogen and oxygen atoms in total. The SMILES string of the molecule is O=c1[nH]nc(C2CC2)c2cnn(-c3cccc(Cl)c3)c12. The molecule has 0 saturated heterocycles. The van der Waals surface area contributed by atoms with Crippen LogP contribution >= 0.6 is 11.6 Å². The Morgan fingerprint density at radius 3 is 2.95 bits per heavy atom. The lowest BCUT2D eigenvalue weighted by Crippen LogP contribution is -2.14. The van der Waals surface area contributed by atoms with Crippen LogP contribution < -0.4 is 5.56 Å². The highest BCUT2D eigenvalue weighted by atomic mass is 35.5. The lowest BCUT2D eigenvalue weighted by atomic mass is 10.2. The molecule has 1 saturated carbocycles. The van der Waals surface area contributed by atoms with Crippen LogP contribution in [0.5, 0.6) is 0 Å². The summed E-state index contributed by atoms with van der Waals surface area (Å²) in [7, 11) is 0. The Bertz CT molecular complexity index is 863. The number of rotatable bonds is 2. The van der Waals surface area contributed by atoms with Crippen molar-refractivity contribution in [1.82, 2.24) is 20.0 Å². The summed E-state index contributed by atoms with van der Waals surface area (Å²) < 4.78 is 1.62. The molecule has 3 aromatic rings. The van der Waals surface area contributed by atoms with Gasteiger partial charge in [-0.2, -0.15) is 10.2 Å². The number of benzene rings is 1. The molecule has 0 unspecified atom stereocenters. The maximum atomic E-state index is 12.1. The molecule has 4 rings (SSSR count). The number of aromatic amines is 1. The molecule has 0 aliphatic heterocycles. The maximum Gasteiger partial charge on any atom is 0.290 e. The second-order valence-electron chi connectivity index (χ2n) is 5.01. The standard InChI is InChI=1S/C14H11ClN4O/c15-9-2-1-3-10(6-9)19-13-11(7-16-19)12(8-4-5-8)17-18-14(13)20/h1-3,6-8H,4-5H2,(H,18,20). The fourth-order valence-electron chi connectivity index (χ4n) is 2.45. The zero-order chi connectivity index (χ0) is 13.7. The number of fused-ring (bicyclic) bond motifs is 1. The fraction of sp³-hybridized carbons (Fsp3) is 0.214. The van der Waals surface area contributed by atoms with E-state index in [1.54, 1.807) is 23.0 Å². The molecule has 0 spiro atoms. The van der Waals surface area contributed by atoms with Crippen molar-refractivity contribution in [2.24, 2.45) is 0 Å². The summed E-state index contributed by atoms with van der Waals surface area (Å²) in [4.78, 5) is 12.1. The van der Waals surface area contributed by atoms with Gasteiger partial charge in [-0.25, -0.2) is 9.78 Å². The highest BCUT2D eigenvalue weighted by molar-refractivity contribution is 6.30. The number of nitrogens with zero attached hydrogens (tertiary/aromatic N) is 3. The molecule has 20 heavy (non-hydrogen) atoms. The number of nitrogens with one attached hydrogen (secondary N) is 1. The van der Waals surface area contributed by atoms with Gasteiger partial charge in [0.05, 0.1) is 17.6 Å². The largest absolute Gasteiger partial charge is 0.290 e. The van der Waals surface area contributed by atoms with Crippen LogP contribution in [0.15, 0.2) is 35.3 Å². The molecule has 1 aliphatic carbocycles. The minimum Gasteiger partial charge on any atom is -0.266 e. The monoisotopic (exact) mass is 286 g/mol. The van der Waals surface area contributed by atoms with Gasteiger partial charge in [0.1, 0.15) is 5.52 Å². The molecule has 2 heterocycles. The molecule has 100 valence electrons. The Labute approximate surface area is 119 Å². The molecule has 0 atom stereocenters. The van der Waals surface area contributed by atoms with Crippen molar-refractivity contribution in [3.63, 3.8) is 0 Å². The van der Waals surface area contributed by atoms with E-state index in [0.717, 1.165) is 29.6 Å². The van der Waals surface area contributed by atoms with Crippen LogP contribution in [-0.2, 0) is 0 Å². The van der Waals surface area contributed by atoms with E-state index < -0.39 is 0 Å². The Morgan fingerprint density at radius 2 is 2.20 bits per heavy atom. The van der Waals surface area contributed by atoms with Crippen LogP contribution in [0.3, 0.4) is 0 Å². The van der Waals surface area contributed by atoms with Gasteiger partial charge in [0.15, 0.2) is 0 Å². The molecule has 0 radical (unpaired) electrons. The second kappa shape index (κ2) is 4.18. The summed E-state index contributed by atoms with van der Waals surface area (Å²) >= 11 is 6.01. The first-order valence-electron chi connectivity index (χ1n) is 6.46. The lowest BCUT2D eigenvalue weighted by Gasteiger charge is -2.04. The molecule has 1 fully saturated rings. The predicted molar refractivity (Wildman–Crippen MR) is 76.5 cm³/mol. The van der Waals surface area contributed by atoms with E-state index in [0.29, 0.717) is 16.5 Å². The van der Waals surface area contributed by atoms with E-state index in [4.69, 9.17) is 11.6 Å². The molecule has 2 aromatic heterocycles. The van der Waals surface area contributed by atoms with Gasteiger partial charge in [-0.05, 0) is 31.0 Å². The van der Waals surface area contributed by atoms with Gasteiger partial charge in [-0.15, -0.1) is 0 Å². The summed E-state index contributed by atoms with van der Waals surface area (Å²) in [6.45, 7) is 0. The molecule has 1 aromatic carbocycles. The Kier molecular flexibility index (Phi) is 2.44. The summed E-state index contributed by atoms with van der Waals surface area (Å²) in [5.74, 6) is 0.450. The first-order valence-corrected chi connectivity index (χ1v) is 6.84. The summed E-state index contributed by atoms with van der Waals surface area (Å²) in [5, 5.41) is 12.5. The minimum atomic E-state index is -0.234.